The molecular weight excluding hydrogens is 364 g/mol. The van der Waals surface area contributed by atoms with E-state index in [-0.39, 0.29) is 24.9 Å². The van der Waals surface area contributed by atoms with Crippen molar-refractivity contribution < 1.29 is 17.9 Å². The topological polar surface area (TPSA) is 75.7 Å². The SMILES string of the molecule is CC(C)C(=O)NCCN(c1ccc(OCc2ccccc2)cc1)S(C)(=O)=O. The highest BCUT2D eigenvalue weighted by molar-refractivity contribution is 7.92. The molecule has 1 N–H and O–H groups in total. The van der Waals surface area contributed by atoms with Crippen LogP contribution in [0.2, 0.25) is 0 Å². The number of nitrogens with zero attached hydrogens (tertiary/aromatic N) is 1. The quantitative estimate of drug-likeness (QED) is 0.714. The smallest absolute Gasteiger partial charge is 0.232 e. The van der Waals surface area contributed by atoms with Gasteiger partial charge in [-0.25, -0.2) is 8.42 Å². The summed E-state index contributed by atoms with van der Waals surface area (Å²) in [6.07, 6.45) is 1.15. The average Bonchev–Trinajstić information content (AvgIpc) is 2.63. The van der Waals surface area contributed by atoms with Gasteiger partial charge in [0.25, 0.3) is 0 Å². The molecule has 0 unspecified atom stereocenters. The second-order valence-electron chi connectivity index (χ2n) is 6.55. The monoisotopic (exact) mass is 390 g/mol. The third-order valence-electron chi connectivity index (χ3n) is 3.91. The summed E-state index contributed by atoms with van der Waals surface area (Å²) in [5, 5.41) is 2.73. The van der Waals surface area contributed by atoms with Crippen LogP contribution in [-0.2, 0) is 21.4 Å². The van der Waals surface area contributed by atoms with Gasteiger partial charge in [-0.3, -0.25) is 9.10 Å². The Morgan fingerprint density at radius 2 is 1.70 bits per heavy atom. The van der Waals surface area contributed by atoms with Crippen molar-refractivity contribution in [3.8, 4) is 5.75 Å². The number of ether oxygens (including phenoxy) is 1. The standard InChI is InChI=1S/C20H26N2O4S/c1-16(2)20(23)21-13-14-22(27(3,24)25)18-9-11-19(12-10-18)26-15-17-7-5-4-6-8-17/h4-12,16H,13-15H2,1-3H3,(H,21,23). The molecule has 7 heteroatoms. The van der Waals surface area contributed by atoms with E-state index in [1.165, 1.54) is 4.31 Å². The zero-order valence-electron chi connectivity index (χ0n) is 15.9. The number of rotatable bonds is 9. The first-order chi connectivity index (χ1) is 12.8. The van der Waals surface area contributed by atoms with E-state index in [0.717, 1.165) is 11.8 Å². The Balaban J connectivity index is 2.00. The third kappa shape index (κ3) is 6.60. The van der Waals surface area contributed by atoms with Gasteiger partial charge < -0.3 is 10.1 Å². The van der Waals surface area contributed by atoms with Gasteiger partial charge in [0, 0.05) is 12.5 Å². The van der Waals surface area contributed by atoms with Gasteiger partial charge in [-0.1, -0.05) is 44.2 Å². The molecule has 0 atom stereocenters. The predicted molar refractivity (Wildman–Crippen MR) is 107 cm³/mol. The molecule has 27 heavy (non-hydrogen) atoms. The first-order valence-electron chi connectivity index (χ1n) is 8.79. The summed E-state index contributed by atoms with van der Waals surface area (Å²) < 4.78 is 31.2. The summed E-state index contributed by atoms with van der Waals surface area (Å²) in [6.45, 7) is 4.44. The maximum absolute atomic E-state index is 12.1. The number of carbonyl (C=O) groups is 1. The minimum atomic E-state index is -3.46. The van der Waals surface area contributed by atoms with Gasteiger partial charge in [-0.05, 0) is 29.8 Å². The van der Waals surface area contributed by atoms with Crippen molar-refractivity contribution in [3.63, 3.8) is 0 Å². The fourth-order valence-corrected chi connectivity index (χ4v) is 3.35. The van der Waals surface area contributed by atoms with Gasteiger partial charge in [0.1, 0.15) is 12.4 Å². The summed E-state index contributed by atoms with van der Waals surface area (Å²) in [4.78, 5) is 11.6. The molecule has 0 fully saturated rings. The Bertz CT molecular complexity index is 834. The molecule has 0 aromatic heterocycles. The number of amides is 1. The molecule has 0 saturated heterocycles. The molecule has 6 nitrogen and oxygen atoms in total. The molecular formula is C20H26N2O4S. The highest BCUT2D eigenvalue weighted by atomic mass is 32.2. The molecule has 0 heterocycles. The van der Waals surface area contributed by atoms with Crippen LogP contribution in [0.3, 0.4) is 0 Å². The third-order valence-corrected chi connectivity index (χ3v) is 5.11. The van der Waals surface area contributed by atoms with Gasteiger partial charge in [0.2, 0.25) is 15.9 Å². The number of hydrogen-bond donors (Lipinski definition) is 1. The molecule has 2 aromatic rings. The second kappa shape index (κ2) is 9.41. The normalized spacial score (nSPS) is 11.3. The number of hydrogen-bond acceptors (Lipinski definition) is 4. The number of benzene rings is 2. The summed E-state index contributed by atoms with van der Waals surface area (Å²) >= 11 is 0. The fraction of sp³-hybridized carbons (Fsp3) is 0.350. The zero-order chi connectivity index (χ0) is 19.9. The Kier molecular flexibility index (Phi) is 7.24. The zero-order valence-corrected chi connectivity index (χ0v) is 16.7. The molecule has 0 radical (unpaired) electrons. The van der Waals surface area contributed by atoms with Crippen LogP contribution in [0.15, 0.2) is 54.6 Å². The lowest BCUT2D eigenvalue weighted by atomic mass is 10.2. The Hall–Kier alpha value is -2.54. The average molecular weight is 391 g/mol. The van der Waals surface area contributed by atoms with Gasteiger partial charge in [-0.15, -0.1) is 0 Å². The van der Waals surface area contributed by atoms with E-state index in [4.69, 9.17) is 4.74 Å². The lowest BCUT2D eigenvalue weighted by Gasteiger charge is -2.23. The molecule has 0 aliphatic heterocycles. The molecule has 146 valence electrons. The van der Waals surface area contributed by atoms with E-state index >= 15 is 0 Å². The van der Waals surface area contributed by atoms with Gasteiger partial charge in [0.15, 0.2) is 0 Å². The molecule has 0 aliphatic rings. The van der Waals surface area contributed by atoms with Gasteiger partial charge >= 0.3 is 0 Å². The summed E-state index contributed by atoms with van der Waals surface area (Å²) in [6, 6.07) is 16.7. The van der Waals surface area contributed by atoms with Crippen LogP contribution in [0.5, 0.6) is 5.75 Å². The lowest BCUT2D eigenvalue weighted by molar-refractivity contribution is -0.123. The van der Waals surface area contributed by atoms with E-state index in [1.54, 1.807) is 38.1 Å². The second-order valence-corrected chi connectivity index (χ2v) is 8.46. The van der Waals surface area contributed by atoms with Gasteiger partial charge in [-0.2, -0.15) is 0 Å². The summed E-state index contributed by atoms with van der Waals surface area (Å²) in [5.74, 6) is 0.412. The number of sulfonamides is 1. The number of carbonyl (C=O) groups excluding carboxylic acids is 1. The number of anilines is 1. The highest BCUT2D eigenvalue weighted by Crippen LogP contribution is 2.22. The van der Waals surface area contributed by atoms with Crippen LogP contribution in [0.1, 0.15) is 19.4 Å². The summed E-state index contributed by atoms with van der Waals surface area (Å²) in [5.41, 5.74) is 1.59. The minimum Gasteiger partial charge on any atom is -0.489 e. The predicted octanol–water partition coefficient (Wildman–Crippen LogP) is 2.80. The van der Waals surface area contributed by atoms with Crippen molar-refractivity contribution in [1.82, 2.24) is 5.32 Å². The van der Waals surface area contributed by atoms with E-state index < -0.39 is 10.0 Å². The van der Waals surface area contributed by atoms with Crippen LogP contribution in [0, 0.1) is 5.92 Å². The van der Waals surface area contributed by atoms with Gasteiger partial charge in [0.05, 0.1) is 18.5 Å². The van der Waals surface area contributed by atoms with E-state index in [9.17, 15) is 13.2 Å². The Labute approximate surface area is 161 Å². The molecule has 2 aromatic carbocycles. The Morgan fingerprint density at radius 1 is 1.07 bits per heavy atom. The van der Waals surface area contributed by atoms with Crippen LogP contribution in [0.25, 0.3) is 0 Å². The first-order valence-corrected chi connectivity index (χ1v) is 10.6. The van der Waals surface area contributed by atoms with Crippen molar-refractivity contribution in [1.29, 1.82) is 0 Å². The van der Waals surface area contributed by atoms with Crippen molar-refractivity contribution in [2.75, 3.05) is 23.7 Å². The largest absolute Gasteiger partial charge is 0.489 e. The molecule has 0 saturated carbocycles. The van der Waals surface area contributed by atoms with Crippen molar-refractivity contribution >= 4 is 21.6 Å². The Morgan fingerprint density at radius 3 is 2.26 bits per heavy atom. The lowest BCUT2D eigenvalue weighted by Crippen LogP contribution is -2.39. The minimum absolute atomic E-state index is 0.104. The van der Waals surface area contributed by atoms with Crippen molar-refractivity contribution in [2.24, 2.45) is 5.92 Å². The maximum Gasteiger partial charge on any atom is 0.232 e. The van der Waals surface area contributed by atoms with E-state index in [1.807, 2.05) is 30.3 Å². The van der Waals surface area contributed by atoms with Crippen molar-refractivity contribution in [2.45, 2.75) is 20.5 Å². The maximum atomic E-state index is 12.1. The summed E-state index contributed by atoms with van der Waals surface area (Å²) in [7, 11) is -3.46. The highest BCUT2D eigenvalue weighted by Gasteiger charge is 2.18. The molecule has 2 rings (SSSR count). The first kappa shape index (κ1) is 20.8. The molecule has 1 amide bonds. The van der Waals surface area contributed by atoms with Crippen LogP contribution in [-0.4, -0.2) is 33.7 Å². The van der Waals surface area contributed by atoms with Crippen LogP contribution >= 0.6 is 0 Å². The van der Waals surface area contributed by atoms with Crippen LogP contribution < -0.4 is 14.4 Å². The van der Waals surface area contributed by atoms with E-state index in [0.29, 0.717) is 18.0 Å². The van der Waals surface area contributed by atoms with Crippen LogP contribution in [0.4, 0.5) is 5.69 Å². The molecule has 0 spiro atoms. The van der Waals surface area contributed by atoms with Crippen molar-refractivity contribution in [3.05, 3.63) is 60.2 Å². The fourth-order valence-electron chi connectivity index (χ4n) is 2.42. The molecule has 0 aliphatic carbocycles. The van der Waals surface area contributed by atoms with E-state index in [2.05, 4.69) is 5.32 Å². The molecule has 0 bridgehead atoms. The number of nitrogens with one attached hydrogen (secondary N) is 1.